The van der Waals surface area contributed by atoms with Gasteiger partial charge in [-0.25, -0.2) is 0 Å². The molecule has 1 aliphatic heterocycles. The molecule has 1 heterocycles. The summed E-state index contributed by atoms with van der Waals surface area (Å²) in [6.07, 6.45) is 23.1. The molecule has 1 aliphatic rings. The smallest absolute Gasteiger partial charge is 0.160 e. The van der Waals surface area contributed by atoms with E-state index in [-0.39, 0.29) is 24.4 Å². The molecule has 0 N–H and O–H groups in total. The van der Waals surface area contributed by atoms with Crippen molar-refractivity contribution in [3.8, 4) is 0 Å². The van der Waals surface area contributed by atoms with Crippen LogP contribution in [0, 0.1) is 0 Å². The number of hydrogen-bond donors (Lipinski definition) is 0. The number of methoxy groups -OCH3 is 1. The van der Waals surface area contributed by atoms with Crippen LogP contribution < -0.4 is 0 Å². The molecule has 5 atom stereocenters. The number of rotatable bonds is 31. The van der Waals surface area contributed by atoms with E-state index in [4.69, 9.17) is 33.2 Å². The van der Waals surface area contributed by atoms with E-state index >= 15 is 0 Å². The summed E-state index contributed by atoms with van der Waals surface area (Å²) in [5, 5.41) is 0. The van der Waals surface area contributed by atoms with E-state index in [0.29, 0.717) is 46.1 Å². The highest BCUT2D eigenvalue weighted by Gasteiger charge is 2.41. The van der Waals surface area contributed by atoms with Gasteiger partial charge < -0.3 is 33.2 Å². The van der Waals surface area contributed by atoms with Crippen LogP contribution in [-0.4, -0.2) is 84.1 Å². The summed E-state index contributed by atoms with van der Waals surface area (Å²) in [4.78, 5) is 0. The Labute approximate surface area is 258 Å². The molecule has 1 saturated heterocycles. The van der Waals surface area contributed by atoms with Crippen LogP contribution in [0.2, 0.25) is 0 Å². The van der Waals surface area contributed by atoms with Gasteiger partial charge >= 0.3 is 0 Å². The minimum Gasteiger partial charge on any atom is -0.379 e. The third kappa shape index (κ3) is 20.0. The van der Waals surface area contributed by atoms with Crippen LogP contribution in [0.25, 0.3) is 0 Å². The highest BCUT2D eigenvalue weighted by atomic mass is 16.7. The van der Waals surface area contributed by atoms with Crippen LogP contribution >= 0.6 is 0 Å². The van der Waals surface area contributed by atoms with Crippen molar-refractivity contribution in [3.63, 3.8) is 0 Å². The highest BCUT2D eigenvalue weighted by Crippen LogP contribution is 2.27. The van der Waals surface area contributed by atoms with Gasteiger partial charge in [0.15, 0.2) is 6.29 Å². The molecule has 1 fully saturated rings. The lowest BCUT2D eigenvalue weighted by Crippen LogP contribution is -2.53. The van der Waals surface area contributed by atoms with Gasteiger partial charge in [-0.05, 0) is 6.42 Å². The molecule has 7 heteroatoms. The number of unbranched alkanes of at least 4 members (excludes halogenated alkanes) is 13. The summed E-state index contributed by atoms with van der Waals surface area (Å²) in [5.41, 5.74) is 0. The van der Waals surface area contributed by atoms with Crippen molar-refractivity contribution in [3.05, 3.63) is 38.0 Å². The summed E-state index contributed by atoms with van der Waals surface area (Å²) >= 11 is 0. The normalized spacial score (nSPS) is 21.3. The third-order valence-corrected chi connectivity index (χ3v) is 7.58. The van der Waals surface area contributed by atoms with Gasteiger partial charge in [-0.1, -0.05) is 109 Å². The van der Waals surface area contributed by atoms with Crippen molar-refractivity contribution < 1.29 is 33.2 Å². The molecular weight excluding hydrogens is 532 g/mol. The summed E-state index contributed by atoms with van der Waals surface area (Å²) in [7, 11) is 1.69. The molecule has 246 valence electrons. The summed E-state index contributed by atoms with van der Waals surface area (Å²) in [6.45, 7) is 16.7. The topological polar surface area (TPSA) is 64.6 Å². The van der Waals surface area contributed by atoms with Gasteiger partial charge in [0, 0.05) is 20.1 Å². The molecule has 0 radical (unpaired) electrons. The monoisotopic (exact) mass is 596 g/mol. The maximum Gasteiger partial charge on any atom is 0.160 e. The van der Waals surface area contributed by atoms with E-state index in [2.05, 4.69) is 26.7 Å². The van der Waals surface area contributed by atoms with Gasteiger partial charge in [0.2, 0.25) is 0 Å². The van der Waals surface area contributed by atoms with Crippen LogP contribution in [0.15, 0.2) is 38.0 Å². The Morgan fingerprint density at radius 1 is 0.690 bits per heavy atom. The van der Waals surface area contributed by atoms with E-state index in [1.165, 1.54) is 83.5 Å². The van der Waals surface area contributed by atoms with Crippen LogP contribution in [0.1, 0.15) is 103 Å². The zero-order chi connectivity index (χ0) is 30.5. The molecule has 0 saturated carbocycles. The van der Waals surface area contributed by atoms with Gasteiger partial charge in [-0.15, -0.1) is 19.7 Å². The van der Waals surface area contributed by atoms with E-state index in [1.807, 2.05) is 0 Å². The molecule has 42 heavy (non-hydrogen) atoms. The Bertz CT molecular complexity index is 628. The van der Waals surface area contributed by atoms with Gasteiger partial charge in [-0.2, -0.15) is 0 Å². The lowest BCUT2D eigenvalue weighted by Gasteiger charge is -2.41. The van der Waals surface area contributed by atoms with E-state index in [9.17, 15) is 0 Å². The van der Waals surface area contributed by atoms with E-state index < -0.39 is 6.29 Å². The quantitative estimate of drug-likeness (QED) is 0.0594. The Morgan fingerprint density at radius 2 is 1.26 bits per heavy atom. The fourth-order valence-electron chi connectivity index (χ4n) is 5.16. The van der Waals surface area contributed by atoms with Crippen LogP contribution in [0.4, 0.5) is 0 Å². The summed E-state index contributed by atoms with van der Waals surface area (Å²) in [5.74, 6) is 0. The lowest BCUT2D eigenvalue weighted by molar-refractivity contribution is -0.276. The van der Waals surface area contributed by atoms with Gasteiger partial charge in [0.25, 0.3) is 0 Å². The molecule has 0 aromatic rings. The molecule has 1 rings (SSSR count). The molecular formula is C35H64O7. The molecule has 0 amide bonds. The standard InChI is InChI=1S/C35H64O7/c1-6-10-11-12-13-14-15-16-17-18-19-20-21-22-26-38-28-31(36-5)29-41-34-27-32(39-24-8-3)35(40-25-9-4)33(42-34)30-37-23-7-2/h7-9,31-35H,2-4,6,10-30H2,1,5H3/t31-,32-,33-,34-,35+/m1/s1. The zero-order valence-electron chi connectivity index (χ0n) is 27.2. The molecule has 0 aliphatic carbocycles. The highest BCUT2D eigenvalue weighted by molar-refractivity contribution is 4.88. The fourth-order valence-corrected chi connectivity index (χ4v) is 5.16. The van der Waals surface area contributed by atoms with Crippen molar-refractivity contribution in [1.82, 2.24) is 0 Å². The first-order valence-electron chi connectivity index (χ1n) is 16.7. The Kier molecular flexibility index (Phi) is 26.6. The van der Waals surface area contributed by atoms with Crippen molar-refractivity contribution in [2.45, 2.75) is 134 Å². The number of ether oxygens (including phenoxy) is 7. The minimum absolute atomic E-state index is 0.169. The molecule has 7 nitrogen and oxygen atoms in total. The average molecular weight is 597 g/mol. The Balaban J connectivity index is 2.24. The van der Waals surface area contributed by atoms with E-state index in [0.717, 1.165) is 13.0 Å². The second-order valence-electron chi connectivity index (χ2n) is 11.3. The first kappa shape index (κ1) is 39.0. The maximum atomic E-state index is 6.24. The fraction of sp³-hybridized carbons (Fsp3) is 0.829. The lowest BCUT2D eigenvalue weighted by atomic mass is 10.0. The van der Waals surface area contributed by atoms with Crippen LogP contribution in [0.3, 0.4) is 0 Å². The minimum atomic E-state index is -0.468. The summed E-state index contributed by atoms with van der Waals surface area (Å²) in [6, 6.07) is 0. The first-order valence-corrected chi connectivity index (χ1v) is 16.7. The Hall–Kier alpha value is -1.06. The average Bonchev–Trinajstić information content (AvgIpc) is 3.00. The van der Waals surface area contributed by atoms with Crippen molar-refractivity contribution >= 4 is 0 Å². The predicted octanol–water partition coefficient (Wildman–Crippen LogP) is 7.98. The number of hydrogen-bond acceptors (Lipinski definition) is 7. The van der Waals surface area contributed by atoms with Crippen molar-refractivity contribution in [1.29, 1.82) is 0 Å². The van der Waals surface area contributed by atoms with Gasteiger partial charge in [0.1, 0.15) is 18.3 Å². The molecule has 0 aromatic carbocycles. The Morgan fingerprint density at radius 3 is 1.83 bits per heavy atom. The van der Waals surface area contributed by atoms with Crippen molar-refractivity contribution in [2.24, 2.45) is 0 Å². The van der Waals surface area contributed by atoms with Crippen LogP contribution in [-0.2, 0) is 33.2 Å². The van der Waals surface area contributed by atoms with Crippen molar-refractivity contribution in [2.75, 3.05) is 53.4 Å². The molecule has 0 unspecified atom stereocenters. The summed E-state index contributed by atoms with van der Waals surface area (Å²) < 4.78 is 41.6. The molecule has 0 spiro atoms. The zero-order valence-corrected chi connectivity index (χ0v) is 27.2. The maximum absolute atomic E-state index is 6.24. The predicted molar refractivity (Wildman–Crippen MR) is 172 cm³/mol. The first-order chi connectivity index (χ1) is 20.7. The van der Waals surface area contributed by atoms with Gasteiger partial charge in [0.05, 0.1) is 45.7 Å². The van der Waals surface area contributed by atoms with E-state index in [1.54, 1.807) is 25.3 Å². The SMILES string of the molecule is C=CCOC[C@H]1O[C@@H](OC[C@@H](COCCCCCCCCCCCCCCCC)OC)C[C@@H](OCC=C)[C@@H]1OCC=C. The van der Waals surface area contributed by atoms with Gasteiger partial charge in [-0.3, -0.25) is 0 Å². The molecule has 0 bridgehead atoms. The second kappa shape index (κ2) is 28.7. The largest absolute Gasteiger partial charge is 0.379 e. The second-order valence-corrected chi connectivity index (χ2v) is 11.3. The van der Waals surface area contributed by atoms with Crippen LogP contribution in [0.5, 0.6) is 0 Å². The molecule has 0 aromatic heterocycles. The third-order valence-electron chi connectivity index (χ3n) is 7.58.